The number of nitrogens with zero attached hydrogens (tertiary/aromatic N) is 4. The normalized spacial score (nSPS) is 12.8. The van der Waals surface area contributed by atoms with Crippen LogP contribution in [0.3, 0.4) is 0 Å². The third-order valence-electron chi connectivity index (χ3n) is 7.53. The molecule has 1 aliphatic heterocycles. The molecule has 5 aromatic rings. The van der Waals surface area contributed by atoms with E-state index in [9.17, 15) is 9.90 Å². The predicted octanol–water partition coefficient (Wildman–Crippen LogP) is 6.07. The summed E-state index contributed by atoms with van der Waals surface area (Å²) in [6.45, 7) is 4.26. The van der Waals surface area contributed by atoms with E-state index in [1.807, 2.05) is 55.8 Å². The highest BCUT2D eigenvalue weighted by Gasteiger charge is 2.26. The summed E-state index contributed by atoms with van der Waals surface area (Å²) in [4.78, 5) is 25.5. The van der Waals surface area contributed by atoms with Crippen LogP contribution in [0.2, 0.25) is 0 Å². The Balaban J connectivity index is 1.62. The fraction of sp³-hybridized carbons (Fsp3) is 0.226. The van der Waals surface area contributed by atoms with Crippen LogP contribution in [0.25, 0.3) is 44.7 Å². The summed E-state index contributed by atoms with van der Waals surface area (Å²) >= 11 is 0. The fourth-order valence-corrected chi connectivity index (χ4v) is 5.61. The van der Waals surface area contributed by atoms with E-state index in [1.165, 1.54) is 6.07 Å². The number of ether oxygens (including phenoxy) is 1. The van der Waals surface area contributed by atoms with Gasteiger partial charge in [0, 0.05) is 53.4 Å². The van der Waals surface area contributed by atoms with E-state index in [-0.39, 0.29) is 6.42 Å². The van der Waals surface area contributed by atoms with E-state index in [0.29, 0.717) is 46.8 Å². The molecule has 5 heterocycles. The maximum atomic E-state index is 15.4. The summed E-state index contributed by atoms with van der Waals surface area (Å²) in [6.07, 6.45) is 6.55. The number of aryl methyl sites for hydroxylation is 2. The van der Waals surface area contributed by atoms with Crippen LogP contribution in [-0.4, -0.2) is 37.2 Å². The molecule has 0 atom stereocenters. The highest BCUT2D eigenvalue weighted by Crippen LogP contribution is 2.43. The van der Waals surface area contributed by atoms with Crippen LogP contribution in [0.4, 0.5) is 4.39 Å². The average molecular weight is 523 g/mol. The Morgan fingerprint density at radius 3 is 2.77 bits per heavy atom. The molecule has 1 aliphatic rings. The fourth-order valence-electron chi connectivity index (χ4n) is 5.61. The monoisotopic (exact) mass is 522 g/mol. The van der Waals surface area contributed by atoms with Crippen molar-refractivity contribution >= 4 is 17.0 Å². The van der Waals surface area contributed by atoms with Gasteiger partial charge in [0.05, 0.1) is 24.4 Å². The lowest BCUT2D eigenvalue weighted by molar-refractivity contribution is -0.136. The molecule has 0 radical (unpaired) electrons. The first kappa shape index (κ1) is 24.7. The molecular formula is C31H27FN4O3. The molecule has 0 saturated carbocycles. The molecule has 0 aliphatic carbocycles. The minimum Gasteiger partial charge on any atom is -0.490 e. The molecule has 1 N–H and O–H groups in total. The van der Waals surface area contributed by atoms with Crippen LogP contribution in [0.15, 0.2) is 55.0 Å². The van der Waals surface area contributed by atoms with Crippen molar-refractivity contribution in [3.63, 3.8) is 0 Å². The number of carboxylic acids is 1. The van der Waals surface area contributed by atoms with Crippen molar-refractivity contribution in [3.8, 4) is 39.4 Å². The van der Waals surface area contributed by atoms with Gasteiger partial charge in [0.2, 0.25) is 0 Å². The Labute approximate surface area is 225 Å². The van der Waals surface area contributed by atoms with E-state index in [2.05, 4.69) is 9.97 Å². The zero-order chi connectivity index (χ0) is 27.3. The topological polar surface area (TPSA) is 90.1 Å². The van der Waals surface area contributed by atoms with Gasteiger partial charge in [-0.05, 0) is 85.3 Å². The van der Waals surface area contributed by atoms with Gasteiger partial charge in [-0.15, -0.1) is 0 Å². The molecule has 1 aromatic carbocycles. The molecule has 4 aromatic heterocycles. The lowest BCUT2D eigenvalue weighted by Gasteiger charge is -2.23. The molecule has 0 unspecified atom stereocenters. The lowest BCUT2D eigenvalue weighted by Crippen LogP contribution is -2.13. The zero-order valence-corrected chi connectivity index (χ0v) is 22.0. The molecule has 6 rings (SSSR count). The number of pyridine rings is 3. The number of fused-ring (bicyclic) bond motifs is 2. The van der Waals surface area contributed by atoms with Crippen molar-refractivity contribution in [2.24, 2.45) is 7.05 Å². The van der Waals surface area contributed by atoms with Crippen molar-refractivity contribution < 1.29 is 19.0 Å². The van der Waals surface area contributed by atoms with Gasteiger partial charge < -0.3 is 14.4 Å². The smallest absolute Gasteiger partial charge is 0.307 e. The van der Waals surface area contributed by atoms with Gasteiger partial charge in [-0.1, -0.05) is 0 Å². The largest absolute Gasteiger partial charge is 0.490 e. The van der Waals surface area contributed by atoms with Gasteiger partial charge in [-0.2, -0.15) is 0 Å². The Bertz CT molecular complexity index is 1760. The molecule has 196 valence electrons. The number of halogens is 1. The zero-order valence-electron chi connectivity index (χ0n) is 22.0. The third kappa shape index (κ3) is 4.22. The molecule has 0 amide bonds. The van der Waals surface area contributed by atoms with Crippen molar-refractivity contribution in [3.05, 3.63) is 83.2 Å². The van der Waals surface area contributed by atoms with E-state index < -0.39 is 11.8 Å². The van der Waals surface area contributed by atoms with E-state index in [0.717, 1.165) is 45.4 Å². The third-order valence-corrected chi connectivity index (χ3v) is 7.53. The molecule has 7 nitrogen and oxygen atoms in total. The van der Waals surface area contributed by atoms with Crippen LogP contribution < -0.4 is 4.74 Å². The molecule has 0 saturated heterocycles. The number of aliphatic carboxylic acids is 1. The number of hydrogen-bond donors (Lipinski definition) is 1. The van der Waals surface area contributed by atoms with Gasteiger partial charge in [0.25, 0.3) is 0 Å². The molecule has 0 bridgehead atoms. The van der Waals surface area contributed by atoms with Crippen LogP contribution in [-0.2, 0) is 24.7 Å². The van der Waals surface area contributed by atoms with Gasteiger partial charge in [0.15, 0.2) is 11.6 Å². The second-order valence-electron chi connectivity index (χ2n) is 9.91. The summed E-state index contributed by atoms with van der Waals surface area (Å²) < 4.78 is 23.0. The molecule has 0 fully saturated rings. The lowest BCUT2D eigenvalue weighted by atomic mass is 9.87. The maximum Gasteiger partial charge on any atom is 0.307 e. The number of benzene rings is 1. The van der Waals surface area contributed by atoms with Crippen LogP contribution in [0.1, 0.15) is 28.8 Å². The number of carboxylic acid groups (broad SMARTS) is 1. The summed E-state index contributed by atoms with van der Waals surface area (Å²) in [5, 5.41) is 10.6. The van der Waals surface area contributed by atoms with E-state index >= 15 is 4.39 Å². The first-order chi connectivity index (χ1) is 18.8. The van der Waals surface area contributed by atoms with Gasteiger partial charge >= 0.3 is 5.97 Å². The van der Waals surface area contributed by atoms with E-state index in [1.54, 1.807) is 18.6 Å². The van der Waals surface area contributed by atoms with Crippen LogP contribution in [0.5, 0.6) is 5.75 Å². The van der Waals surface area contributed by atoms with Crippen LogP contribution in [0, 0.1) is 19.7 Å². The van der Waals surface area contributed by atoms with Gasteiger partial charge in [0.1, 0.15) is 5.65 Å². The van der Waals surface area contributed by atoms with Gasteiger partial charge in [-0.25, -0.2) is 9.37 Å². The number of carbonyl (C=O) groups is 1. The molecular weight excluding hydrogens is 495 g/mol. The molecule has 0 spiro atoms. The summed E-state index contributed by atoms with van der Waals surface area (Å²) in [7, 11) is 1.93. The maximum absolute atomic E-state index is 15.4. The van der Waals surface area contributed by atoms with Crippen molar-refractivity contribution in [1.82, 2.24) is 19.5 Å². The SMILES string of the molecule is Cc1nc2c(cc(-c3ccnc(-c4cccnc4)c3)n2C)c(-c2cc(F)c3c(c2C)CCCO3)c1CC(=O)O. The van der Waals surface area contributed by atoms with Crippen LogP contribution >= 0.6 is 0 Å². The average Bonchev–Trinajstić information content (AvgIpc) is 3.27. The minimum atomic E-state index is -0.966. The van der Waals surface area contributed by atoms with Gasteiger partial charge in [-0.3, -0.25) is 14.8 Å². The first-order valence-corrected chi connectivity index (χ1v) is 12.9. The molecule has 39 heavy (non-hydrogen) atoms. The highest BCUT2D eigenvalue weighted by atomic mass is 19.1. The summed E-state index contributed by atoms with van der Waals surface area (Å²) in [5.74, 6) is -1.09. The Hall–Kier alpha value is -4.59. The quantitative estimate of drug-likeness (QED) is 0.301. The summed E-state index contributed by atoms with van der Waals surface area (Å²) in [6, 6.07) is 11.3. The standard InChI is InChI=1S/C31H27FN4O3/c1-17-21-7-5-11-39-30(21)25(32)13-22(17)29-23(15-28(37)38)18(2)35-31-24(29)14-27(36(31)3)19-8-10-34-26(12-19)20-6-4-9-33-16-20/h4,6,8-10,12-14,16H,5,7,11,15H2,1-3H3,(H,37,38). The highest BCUT2D eigenvalue weighted by molar-refractivity contribution is 6.01. The first-order valence-electron chi connectivity index (χ1n) is 12.9. The predicted molar refractivity (Wildman–Crippen MR) is 147 cm³/mol. The number of aromatic nitrogens is 4. The Morgan fingerprint density at radius 2 is 2.00 bits per heavy atom. The van der Waals surface area contributed by atoms with Crippen molar-refractivity contribution in [2.75, 3.05) is 6.61 Å². The molecule has 8 heteroatoms. The Morgan fingerprint density at radius 1 is 1.15 bits per heavy atom. The van der Waals surface area contributed by atoms with Crippen molar-refractivity contribution in [2.45, 2.75) is 33.1 Å². The van der Waals surface area contributed by atoms with Crippen molar-refractivity contribution in [1.29, 1.82) is 0 Å². The second kappa shape index (κ2) is 9.62. The second-order valence-corrected chi connectivity index (χ2v) is 9.91. The van der Waals surface area contributed by atoms with E-state index in [4.69, 9.17) is 9.72 Å². The summed E-state index contributed by atoms with van der Waals surface area (Å²) in [5.41, 5.74) is 8.49. The number of hydrogen-bond acceptors (Lipinski definition) is 5. The Kier molecular flexibility index (Phi) is 6.10. The minimum absolute atomic E-state index is 0.219. The number of rotatable bonds is 5.